The number of nitrogens with one attached hydrogen (secondary N) is 1. The number of hydrogen-bond donors (Lipinski definition) is 1. The van der Waals surface area contributed by atoms with Gasteiger partial charge in [0.1, 0.15) is 11.6 Å². The van der Waals surface area contributed by atoms with Crippen LogP contribution in [0.3, 0.4) is 0 Å². The Balaban J connectivity index is 2.39. The van der Waals surface area contributed by atoms with E-state index in [0.29, 0.717) is 5.69 Å². The summed E-state index contributed by atoms with van der Waals surface area (Å²) in [5.74, 6) is 1.20. The van der Waals surface area contributed by atoms with E-state index in [1.54, 1.807) is 6.07 Å². The molecule has 0 radical (unpaired) electrons. The molecule has 1 rings (SSSR count). The molecule has 0 unspecified atom stereocenters. The molecule has 0 heterocycles. The monoisotopic (exact) mass is 293 g/mol. The van der Waals surface area contributed by atoms with Crippen LogP contribution in [0.1, 0.15) is 31.2 Å². The topological polar surface area (TPSA) is 79.0 Å². The van der Waals surface area contributed by atoms with E-state index in [9.17, 15) is 10.1 Å². The van der Waals surface area contributed by atoms with E-state index in [-0.39, 0.29) is 11.3 Å². The van der Waals surface area contributed by atoms with Crippen LogP contribution in [-0.4, -0.2) is 23.5 Å². The molecule has 1 N–H and O–H groups in total. The lowest BCUT2D eigenvalue weighted by Gasteiger charge is -2.06. The van der Waals surface area contributed by atoms with Crippen molar-refractivity contribution in [3.05, 3.63) is 33.9 Å². The third-order valence-electron chi connectivity index (χ3n) is 2.92. The van der Waals surface area contributed by atoms with Gasteiger partial charge in [-0.15, -0.1) is 0 Å². The highest BCUT2D eigenvalue weighted by Crippen LogP contribution is 2.22. The fraction of sp³-hybridized carbons (Fsp3) is 0.500. The number of anilines is 1. The first kappa shape index (κ1) is 16.3. The summed E-state index contributed by atoms with van der Waals surface area (Å²) in [5, 5.41) is 22.8. The standard InChI is InChI=1S/C14H19N3O2S/c1-20-9-5-3-2-4-8-16-13-7-6-12(11-15)14(10-13)17(18)19/h6-7,10,16H,2-5,8-9H2,1H3. The van der Waals surface area contributed by atoms with Crippen LogP contribution in [0.2, 0.25) is 0 Å². The zero-order chi connectivity index (χ0) is 14.8. The highest BCUT2D eigenvalue weighted by molar-refractivity contribution is 7.98. The molecule has 0 aliphatic rings. The molecular weight excluding hydrogens is 274 g/mol. The van der Waals surface area contributed by atoms with E-state index in [1.165, 1.54) is 30.7 Å². The van der Waals surface area contributed by atoms with Crippen LogP contribution in [-0.2, 0) is 0 Å². The summed E-state index contributed by atoms with van der Waals surface area (Å²) in [5.41, 5.74) is 0.648. The number of thioether (sulfide) groups is 1. The van der Waals surface area contributed by atoms with Gasteiger partial charge in [-0.1, -0.05) is 12.8 Å². The molecular formula is C14H19N3O2S. The van der Waals surface area contributed by atoms with Crippen LogP contribution in [0.25, 0.3) is 0 Å². The first-order valence-corrected chi connectivity index (χ1v) is 7.99. The fourth-order valence-electron chi connectivity index (χ4n) is 1.84. The maximum absolute atomic E-state index is 10.8. The summed E-state index contributed by atoms with van der Waals surface area (Å²) in [6.45, 7) is 0.794. The molecule has 0 aliphatic carbocycles. The molecule has 0 fully saturated rings. The van der Waals surface area contributed by atoms with Crippen molar-refractivity contribution in [1.29, 1.82) is 5.26 Å². The number of nitrogens with zero attached hydrogens (tertiary/aromatic N) is 2. The fourth-order valence-corrected chi connectivity index (χ4v) is 2.34. The zero-order valence-corrected chi connectivity index (χ0v) is 12.4. The molecule has 0 bridgehead atoms. The van der Waals surface area contributed by atoms with Gasteiger partial charge in [0.15, 0.2) is 0 Å². The highest BCUT2D eigenvalue weighted by atomic mass is 32.2. The Bertz CT molecular complexity index is 486. The van der Waals surface area contributed by atoms with Crippen LogP contribution in [0.5, 0.6) is 0 Å². The zero-order valence-electron chi connectivity index (χ0n) is 11.6. The Kier molecular flexibility index (Phi) is 7.51. The number of hydrogen-bond acceptors (Lipinski definition) is 5. The Morgan fingerprint density at radius 1 is 1.35 bits per heavy atom. The third kappa shape index (κ3) is 5.49. The summed E-state index contributed by atoms with van der Waals surface area (Å²) in [6.07, 6.45) is 6.77. The van der Waals surface area contributed by atoms with Crippen LogP contribution in [0.4, 0.5) is 11.4 Å². The minimum atomic E-state index is -0.522. The summed E-state index contributed by atoms with van der Waals surface area (Å²) < 4.78 is 0. The van der Waals surface area contributed by atoms with Crippen molar-refractivity contribution in [2.75, 3.05) is 23.9 Å². The molecule has 0 spiro atoms. The molecule has 0 saturated heterocycles. The van der Waals surface area contributed by atoms with Gasteiger partial charge < -0.3 is 5.32 Å². The SMILES string of the molecule is CSCCCCCCNc1ccc(C#N)c([N+](=O)[O-])c1. The molecule has 1 aromatic carbocycles. The maximum Gasteiger partial charge on any atom is 0.289 e. The molecule has 20 heavy (non-hydrogen) atoms. The second kappa shape index (κ2) is 9.21. The Morgan fingerprint density at radius 3 is 2.75 bits per heavy atom. The molecule has 0 saturated carbocycles. The predicted molar refractivity (Wildman–Crippen MR) is 83.2 cm³/mol. The minimum Gasteiger partial charge on any atom is -0.385 e. The molecule has 6 heteroatoms. The summed E-state index contributed by atoms with van der Waals surface area (Å²) >= 11 is 1.86. The lowest BCUT2D eigenvalue weighted by Crippen LogP contribution is -2.02. The van der Waals surface area contributed by atoms with Gasteiger partial charge in [-0.3, -0.25) is 10.1 Å². The smallest absolute Gasteiger partial charge is 0.289 e. The molecule has 0 atom stereocenters. The largest absolute Gasteiger partial charge is 0.385 e. The van der Waals surface area contributed by atoms with Crippen molar-refractivity contribution >= 4 is 23.1 Å². The third-order valence-corrected chi connectivity index (χ3v) is 3.62. The molecule has 0 amide bonds. The van der Waals surface area contributed by atoms with Gasteiger partial charge >= 0.3 is 0 Å². The van der Waals surface area contributed by atoms with Crippen molar-refractivity contribution in [2.45, 2.75) is 25.7 Å². The van der Waals surface area contributed by atoms with Crippen molar-refractivity contribution in [3.8, 4) is 6.07 Å². The van der Waals surface area contributed by atoms with Crippen LogP contribution >= 0.6 is 11.8 Å². The highest BCUT2D eigenvalue weighted by Gasteiger charge is 2.13. The van der Waals surface area contributed by atoms with Crippen molar-refractivity contribution in [2.24, 2.45) is 0 Å². The lowest BCUT2D eigenvalue weighted by molar-refractivity contribution is -0.385. The van der Waals surface area contributed by atoms with E-state index in [0.717, 1.165) is 19.4 Å². The van der Waals surface area contributed by atoms with E-state index in [4.69, 9.17) is 5.26 Å². The first-order chi connectivity index (χ1) is 9.69. The number of nitriles is 1. The number of benzene rings is 1. The van der Waals surface area contributed by atoms with Crippen molar-refractivity contribution in [1.82, 2.24) is 0 Å². The second-order valence-electron chi connectivity index (χ2n) is 4.43. The average Bonchev–Trinajstić information content (AvgIpc) is 2.46. The van der Waals surface area contributed by atoms with Gasteiger partial charge in [0.05, 0.1) is 4.92 Å². The quantitative estimate of drug-likeness (QED) is 0.425. The molecule has 0 aromatic heterocycles. The predicted octanol–water partition coefficient (Wildman–Crippen LogP) is 3.80. The Labute approximate surface area is 123 Å². The van der Waals surface area contributed by atoms with Gasteiger partial charge in [0.25, 0.3) is 5.69 Å². The number of nitro benzene ring substituents is 1. The summed E-state index contributed by atoms with van der Waals surface area (Å²) in [7, 11) is 0. The number of unbranched alkanes of at least 4 members (excludes halogenated alkanes) is 3. The first-order valence-electron chi connectivity index (χ1n) is 6.60. The van der Waals surface area contributed by atoms with Crippen LogP contribution < -0.4 is 5.32 Å². The average molecular weight is 293 g/mol. The van der Waals surface area contributed by atoms with E-state index < -0.39 is 4.92 Å². The maximum atomic E-state index is 10.8. The molecule has 1 aromatic rings. The van der Waals surface area contributed by atoms with Crippen molar-refractivity contribution in [3.63, 3.8) is 0 Å². The lowest BCUT2D eigenvalue weighted by atomic mass is 10.1. The summed E-state index contributed by atoms with van der Waals surface area (Å²) in [6, 6.07) is 6.44. The van der Waals surface area contributed by atoms with E-state index >= 15 is 0 Å². The Morgan fingerprint density at radius 2 is 2.10 bits per heavy atom. The van der Waals surface area contributed by atoms with E-state index in [1.807, 2.05) is 17.8 Å². The van der Waals surface area contributed by atoms with Gasteiger partial charge in [0.2, 0.25) is 0 Å². The normalized spacial score (nSPS) is 10.0. The molecule has 5 nitrogen and oxygen atoms in total. The van der Waals surface area contributed by atoms with Gasteiger partial charge in [-0.25, -0.2) is 0 Å². The van der Waals surface area contributed by atoms with Crippen LogP contribution in [0, 0.1) is 21.4 Å². The Hall–Kier alpha value is -1.74. The van der Waals surface area contributed by atoms with E-state index in [2.05, 4.69) is 11.6 Å². The second-order valence-corrected chi connectivity index (χ2v) is 5.42. The molecule has 0 aliphatic heterocycles. The van der Waals surface area contributed by atoms with Gasteiger partial charge in [-0.05, 0) is 37.0 Å². The van der Waals surface area contributed by atoms with Crippen LogP contribution in [0.15, 0.2) is 18.2 Å². The number of rotatable bonds is 9. The summed E-state index contributed by atoms with van der Waals surface area (Å²) in [4.78, 5) is 10.3. The molecule has 108 valence electrons. The van der Waals surface area contributed by atoms with Gasteiger partial charge in [0, 0.05) is 18.3 Å². The van der Waals surface area contributed by atoms with Gasteiger partial charge in [-0.2, -0.15) is 17.0 Å². The minimum absolute atomic E-state index is 0.0950. The number of nitro groups is 1. The van der Waals surface area contributed by atoms with Crippen molar-refractivity contribution < 1.29 is 4.92 Å².